The first-order valence-corrected chi connectivity index (χ1v) is 13.5. The van der Waals surface area contributed by atoms with Gasteiger partial charge in [0, 0.05) is 24.6 Å². The summed E-state index contributed by atoms with van der Waals surface area (Å²) in [5, 5.41) is 16.3. The molecule has 1 fully saturated rings. The summed E-state index contributed by atoms with van der Waals surface area (Å²) in [5.74, 6) is -0.790. The van der Waals surface area contributed by atoms with Crippen LogP contribution in [0.2, 0.25) is 0 Å². The van der Waals surface area contributed by atoms with E-state index in [1.807, 2.05) is 60.7 Å². The molecular weight excluding hydrogens is 490 g/mol. The Hall–Kier alpha value is -4.23. The van der Waals surface area contributed by atoms with Gasteiger partial charge in [0.15, 0.2) is 0 Å². The van der Waals surface area contributed by atoms with Gasteiger partial charge in [0.1, 0.15) is 11.3 Å². The fraction of sp³-hybridized carbons (Fsp3) is 0.281. The molecular formula is C32H33N3O4. The van der Waals surface area contributed by atoms with E-state index in [-0.39, 0.29) is 23.6 Å². The highest BCUT2D eigenvalue weighted by molar-refractivity contribution is 5.89. The first-order chi connectivity index (χ1) is 19.1. The second-order valence-corrected chi connectivity index (χ2v) is 9.99. The molecule has 1 aliphatic heterocycles. The van der Waals surface area contributed by atoms with Crippen LogP contribution in [0.5, 0.6) is 5.75 Å². The van der Waals surface area contributed by atoms with Crippen molar-refractivity contribution in [3.63, 3.8) is 0 Å². The lowest BCUT2D eigenvalue weighted by molar-refractivity contribution is -0.120. The largest absolute Gasteiger partial charge is 0.507 e. The molecule has 0 unspecified atom stereocenters. The average molecular weight is 524 g/mol. The molecule has 3 aromatic carbocycles. The second-order valence-electron chi connectivity index (χ2n) is 9.99. The molecule has 39 heavy (non-hydrogen) atoms. The molecule has 0 bridgehead atoms. The fourth-order valence-corrected chi connectivity index (χ4v) is 5.22. The Balaban J connectivity index is 1.47. The molecule has 0 spiro atoms. The lowest BCUT2D eigenvalue weighted by Crippen LogP contribution is -2.27. The standard InChI is InChI=1S/C32H33N3O4/c36-29(21-23-11-3-1-4-12-23)34-33-25(17-20-35-18-9-10-19-35)22-27(24-13-5-2-6-14-24)30-31(37)26-15-7-8-16-28(26)39-32(30)38/h1-8,11-16,27,37H,9-10,17-22H2,(H,34,36)/b33-25-/t27-/m0/s1. The fourth-order valence-electron chi connectivity index (χ4n) is 5.22. The number of hydrazone groups is 1. The van der Waals surface area contributed by atoms with Gasteiger partial charge in [-0.2, -0.15) is 5.10 Å². The normalized spacial score (nSPS) is 14.9. The molecule has 1 aromatic heterocycles. The number of carbonyl (C=O) groups excluding carboxylic acids is 1. The number of nitrogens with zero attached hydrogens (tertiary/aromatic N) is 2. The Labute approximate surface area is 227 Å². The van der Waals surface area contributed by atoms with E-state index in [9.17, 15) is 14.7 Å². The van der Waals surface area contributed by atoms with E-state index in [2.05, 4.69) is 15.4 Å². The molecule has 0 aliphatic carbocycles. The molecule has 5 rings (SSSR count). The molecule has 4 aromatic rings. The lowest BCUT2D eigenvalue weighted by Gasteiger charge is -2.21. The van der Waals surface area contributed by atoms with Crippen LogP contribution < -0.4 is 11.1 Å². The molecule has 1 amide bonds. The van der Waals surface area contributed by atoms with E-state index in [0.29, 0.717) is 23.8 Å². The highest BCUT2D eigenvalue weighted by Crippen LogP contribution is 2.36. The van der Waals surface area contributed by atoms with Crippen LogP contribution >= 0.6 is 0 Å². The first kappa shape index (κ1) is 26.4. The Kier molecular flexibility index (Phi) is 8.48. The molecule has 0 saturated carbocycles. The number of hydrogen-bond donors (Lipinski definition) is 2. The van der Waals surface area contributed by atoms with Gasteiger partial charge in [-0.25, -0.2) is 10.2 Å². The van der Waals surface area contributed by atoms with Crippen molar-refractivity contribution in [2.24, 2.45) is 5.10 Å². The quantitative estimate of drug-likeness (QED) is 0.169. The topological polar surface area (TPSA) is 95.1 Å². The van der Waals surface area contributed by atoms with Crippen LogP contribution in [0.1, 0.15) is 48.3 Å². The maximum Gasteiger partial charge on any atom is 0.343 e. The summed E-state index contributed by atoms with van der Waals surface area (Å²) >= 11 is 0. The van der Waals surface area contributed by atoms with Crippen molar-refractivity contribution < 1.29 is 14.3 Å². The number of likely N-dealkylation sites (tertiary alicyclic amines) is 1. The number of benzene rings is 3. The summed E-state index contributed by atoms with van der Waals surface area (Å²) < 4.78 is 5.63. The predicted octanol–water partition coefficient (Wildman–Crippen LogP) is 5.22. The molecule has 7 nitrogen and oxygen atoms in total. The van der Waals surface area contributed by atoms with Gasteiger partial charge in [0.25, 0.3) is 0 Å². The third-order valence-electron chi connectivity index (χ3n) is 7.27. The van der Waals surface area contributed by atoms with Crippen LogP contribution in [0.15, 0.2) is 99.2 Å². The van der Waals surface area contributed by atoms with E-state index in [1.54, 1.807) is 24.3 Å². The van der Waals surface area contributed by atoms with Crippen molar-refractivity contribution in [1.29, 1.82) is 0 Å². The minimum atomic E-state index is -0.577. The van der Waals surface area contributed by atoms with Crippen molar-refractivity contribution in [3.05, 3.63) is 112 Å². The van der Waals surface area contributed by atoms with Gasteiger partial charge in [-0.3, -0.25) is 4.79 Å². The van der Waals surface area contributed by atoms with Gasteiger partial charge in [0.2, 0.25) is 5.91 Å². The van der Waals surface area contributed by atoms with Crippen molar-refractivity contribution >= 4 is 22.6 Å². The SMILES string of the molecule is O=C(Cc1ccccc1)N/N=C(/CCN1CCCC1)C[C@@H](c1ccccc1)c1c(O)c2ccccc2oc1=O. The highest BCUT2D eigenvalue weighted by atomic mass is 16.4. The van der Waals surface area contributed by atoms with Gasteiger partial charge in [0.05, 0.1) is 17.4 Å². The minimum absolute atomic E-state index is 0.0808. The summed E-state index contributed by atoms with van der Waals surface area (Å²) in [4.78, 5) is 28.4. The van der Waals surface area contributed by atoms with Gasteiger partial charge in [-0.15, -0.1) is 0 Å². The van der Waals surface area contributed by atoms with Crippen molar-refractivity contribution in [3.8, 4) is 5.75 Å². The molecule has 1 atom stereocenters. The number of fused-ring (bicyclic) bond motifs is 1. The summed E-state index contributed by atoms with van der Waals surface area (Å²) in [7, 11) is 0. The van der Waals surface area contributed by atoms with Gasteiger partial charge < -0.3 is 14.4 Å². The van der Waals surface area contributed by atoms with Crippen molar-refractivity contribution in [1.82, 2.24) is 10.3 Å². The lowest BCUT2D eigenvalue weighted by atomic mass is 9.86. The van der Waals surface area contributed by atoms with Crippen LogP contribution in [-0.2, 0) is 11.2 Å². The van der Waals surface area contributed by atoms with Crippen molar-refractivity contribution in [2.45, 2.75) is 38.0 Å². The van der Waals surface area contributed by atoms with E-state index in [1.165, 1.54) is 12.8 Å². The summed E-state index contributed by atoms with van der Waals surface area (Å²) in [6.07, 6.45) is 3.56. The smallest absolute Gasteiger partial charge is 0.343 e. The van der Waals surface area contributed by atoms with E-state index < -0.39 is 11.5 Å². The van der Waals surface area contributed by atoms with E-state index >= 15 is 0 Å². The maximum absolute atomic E-state index is 13.2. The molecule has 2 heterocycles. The summed E-state index contributed by atoms with van der Waals surface area (Å²) in [5.41, 5.74) is 5.22. The molecule has 1 saturated heterocycles. The van der Waals surface area contributed by atoms with Crippen LogP contribution in [0.3, 0.4) is 0 Å². The first-order valence-electron chi connectivity index (χ1n) is 13.5. The Morgan fingerprint density at radius 1 is 0.949 bits per heavy atom. The van der Waals surface area contributed by atoms with Gasteiger partial charge >= 0.3 is 5.63 Å². The molecule has 7 heteroatoms. The third-order valence-corrected chi connectivity index (χ3v) is 7.27. The predicted molar refractivity (Wildman–Crippen MR) is 153 cm³/mol. The van der Waals surface area contributed by atoms with Crippen LogP contribution in [0, 0.1) is 0 Å². The minimum Gasteiger partial charge on any atom is -0.507 e. The molecule has 2 N–H and O–H groups in total. The highest BCUT2D eigenvalue weighted by Gasteiger charge is 2.27. The van der Waals surface area contributed by atoms with Crippen LogP contribution in [0.25, 0.3) is 11.0 Å². The van der Waals surface area contributed by atoms with Gasteiger partial charge in [-0.1, -0.05) is 72.8 Å². The number of amides is 1. The monoisotopic (exact) mass is 523 g/mol. The molecule has 0 radical (unpaired) electrons. The number of carbonyl (C=O) groups is 1. The average Bonchev–Trinajstić information content (AvgIpc) is 3.48. The number of aromatic hydroxyl groups is 1. The molecule has 200 valence electrons. The molecule has 1 aliphatic rings. The van der Waals surface area contributed by atoms with Crippen molar-refractivity contribution in [2.75, 3.05) is 19.6 Å². The number of hydrogen-bond acceptors (Lipinski definition) is 6. The summed E-state index contributed by atoms with van der Waals surface area (Å²) in [6.45, 7) is 2.91. The number of para-hydroxylation sites is 1. The number of nitrogens with one attached hydrogen (secondary N) is 1. The van der Waals surface area contributed by atoms with Crippen LogP contribution in [0.4, 0.5) is 0 Å². The zero-order chi connectivity index (χ0) is 27.0. The number of rotatable bonds is 10. The maximum atomic E-state index is 13.2. The Bertz CT molecular complexity index is 1490. The Morgan fingerprint density at radius 3 is 2.36 bits per heavy atom. The summed E-state index contributed by atoms with van der Waals surface area (Å²) in [6, 6.07) is 26.1. The zero-order valence-corrected chi connectivity index (χ0v) is 21.9. The Morgan fingerprint density at radius 2 is 1.62 bits per heavy atom. The van der Waals surface area contributed by atoms with Crippen LogP contribution in [-0.4, -0.2) is 41.3 Å². The van der Waals surface area contributed by atoms with E-state index in [4.69, 9.17) is 4.42 Å². The van der Waals surface area contributed by atoms with Gasteiger partial charge in [-0.05, 0) is 55.6 Å². The van der Waals surface area contributed by atoms with E-state index in [0.717, 1.165) is 36.5 Å². The third kappa shape index (κ3) is 6.62. The second kappa shape index (κ2) is 12.5. The zero-order valence-electron chi connectivity index (χ0n) is 21.9.